The summed E-state index contributed by atoms with van der Waals surface area (Å²) >= 11 is 0. The Morgan fingerprint density at radius 3 is 2.64 bits per heavy atom. The van der Waals surface area contributed by atoms with Gasteiger partial charge in [-0.25, -0.2) is 0 Å². The van der Waals surface area contributed by atoms with Crippen molar-refractivity contribution in [3.8, 4) is 11.4 Å². The number of methoxy groups -OCH3 is 1. The Morgan fingerprint density at radius 2 is 1.84 bits per heavy atom. The summed E-state index contributed by atoms with van der Waals surface area (Å²) in [5, 5.41) is 3.10. The number of pyridine rings is 2. The molecule has 1 amide bonds. The molecule has 1 unspecified atom stereocenters. The molecular formula is C19H21N3O3. The fourth-order valence-corrected chi connectivity index (χ4v) is 3.10. The van der Waals surface area contributed by atoms with Crippen LogP contribution < -0.4 is 5.32 Å². The molecule has 2 heterocycles. The van der Waals surface area contributed by atoms with Gasteiger partial charge in [-0.05, 0) is 37.0 Å². The van der Waals surface area contributed by atoms with Gasteiger partial charge in [0.1, 0.15) is 0 Å². The average molecular weight is 339 g/mol. The lowest BCUT2D eigenvalue weighted by Gasteiger charge is -2.27. The number of carbonyl (C=O) groups excluding carboxylic acids is 2. The van der Waals surface area contributed by atoms with Crippen LogP contribution in [-0.2, 0) is 20.7 Å². The minimum Gasteiger partial charge on any atom is -0.469 e. The third kappa shape index (κ3) is 4.02. The summed E-state index contributed by atoms with van der Waals surface area (Å²) in [5.41, 5.74) is 3.81. The van der Waals surface area contributed by atoms with E-state index in [0.29, 0.717) is 32.1 Å². The van der Waals surface area contributed by atoms with Gasteiger partial charge in [-0.1, -0.05) is 12.1 Å². The van der Waals surface area contributed by atoms with Crippen LogP contribution in [0.15, 0.2) is 36.7 Å². The summed E-state index contributed by atoms with van der Waals surface area (Å²) in [6.07, 6.45) is 6.25. The van der Waals surface area contributed by atoms with E-state index in [2.05, 4.69) is 20.0 Å². The number of aromatic nitrogens is 2. The van der Waals surface area contributed by atoms with Crippen LogP contribution in [0.5, 0.6) is 0 Å². The van der Waals surface area contributed by atoms with E-state index >= 15 is 0 Å². The van der Waals surface area contributed by atoms with Gasteiger partial charge in [-0.15, -0.1) is 0 Å². The van der Waals surface area contributed by atoms with Gasteiger partial charge < -0.3 is 10.1 Å². The number of nitrogens with zero attached hydrogens (tertiary/aromatic N) is 2. The molecule has 1 aliphatic rings. The van der Waals surface area contributed by atoms with Gasteiger partial charge in [0.2, 0.25) is 5.91 Å². The van der Waals surface area contributed by atoms with Crippen molar-refractivity contribution < 1.29 is 14.3 Å². The molecule has 0 radical (unpaired) electrons. The third-order valence-corrected chi connectivity index (χ3v) is 4.35. The van der Waals surface area contributed by atoms with Crippen LogP contribution in [0, 0.1) is 0 Å². The molecule has 0 aliphatic heterocycles. The minimum absolute atomic E-state index is 0.0167. The molecule has 0 aromatic carbocycles. The van der Waals surface area contributed by atoms with Gasteiger partial charge in [0, 0.05) is 30.8 Å². The van der Waals surface area contributed by atoms with Crippen molar-refractivity contribution in [3.05, 3.63) is 47.8 Å². The highest BCUT2D eigenvalue weighted by Crippen LogP contribution is 2.35. The Balaban J connectivity index is 1.64. The van der Waals surface area contributed by atoms with Crippen LogP contribution in [-0.4, -0.2) is 29.0 Å². The second-order valence-corrected chi connectivity index (χ2v) is 6.06. The molecule has 3 rings (SSSR count). The summed E-state index contributed by atoms with van der Waals surface area (Å²) in [6, 6.07) is 7.69. The Labute approximate surface area is 146 Å². The molecule has 0 saturated carbocycles. The van der Waals surface area contributed by atoms with E-state index in [1.54, 1.807) is 12.4 Å². The average Bonchev–Trinajstić information content (AvgIpc) is 2.65. The summed E-state index contributed by atoms with van der Waals surface area (Å²) in [6.45, 7) is 0. The van der Waals surface area contributed by atoms with Crippen molar-refractivity contribution in [1.82, 2.24) is 15.3 Å². The number of unbranched alkanes of at least 4 members (excludes halogenated alkanes) is 1. The number of carbonyl (C=O) groups is 2. The van der Waals surface area contributed by atoms with Gasteiger partial charge >= 0.3 is 5.97 Å². The Kier molecular flexibility index (Phi) is 5.38. The normalized spacial score (nSPS) is 15.0. The van der Waals surface area contributed by atoms with Gasteiger partial charge in [0.05, 0.1) is 24.5 Å². The molecule has 1 atom stereocenters. The van der Waals surface area contributed by atoms with E-state index in [-0.39, 0.29) is 17.9 Å². The van der Waals surface area contributed by atoms with Crippen LogP contribution >= 0.6 is 0 Å². The van der Waals surface area contributed by atoms with Crippen molar-refractivity contribution in [1.29, 1.82) is 0 Å². The largest absolute Gasteiger partial charge is 0.469 e. The Bertz CT molecular complexity index is 776. The molecular weight excluding hydrogens is 318 g/mol. The van der Waals surface area contributed by atoms with Crippen LogP contribution in [0.25, 0.3) is 11.4 Å². The number of hydrogen-bond acceptors (Lipinski definition) is 5. The number of ether oxygens (including phenoxy) is 1. The predicted octanol–water partition coefficient (Wildman–Crippen LogP) is 2.59. The highest BCUT2D eigenvalue weighted by atomic mass is 16.5. The van der Waals surface area contributed by atoms with Crippen molar-refractivity contribution in [2.24, 2.45) is 0 Å². The van der Waals surface area contributed by atoms with E-state index in [4.69, 9.17) is 0 Å². The SMILES string of the molecule is COC(=O)CCCCC(=O)NC1Cc2cccnc2-c2ncccc21. The fraction of sp³-hybridized carbons (Fsp3) is 0.368. The number of fused-ring (bicyclic) bond motifs is 3. The standard InChI is InChI=1S/C19H21N3O3/c1-25-17(24)9-3-2-8-16(23)22-15-12-13-6-4-10-20-18(13)19-14(15)7-5-11-21-19/h4-7,10-11,15H,2-3,8-9,12H2,1H3,(H,22,23). The maximum atomic E-state index is 12.3. The smallest absolute Gasteiger partial charge is 0.305 e. The first-order valence-electron chi connectivity index (χ1n) is 8.44. The molecule has 2 aromatic heterocycles. The predicted molar refractivity (Wildman–Crippen MR) is 92.5 cm³/mol. The molecule has 1 aliphatic carbocycles. The Morgan fingerprint density at radius 1 is 1.12 bits per heavy atom. The second kappa shape index (κ2) is 7.88. The molecule has 1 N–H and O–H groups in total. The zero-order valence-corrected chi connectivity index (χ0v) is 14.2. The van der Waals surface area contributed by atoms with Crippen LogP contribution in [0.4, 0.5) is 0 Å². The first kappa shape index (κ1) is 17.1. The monoisotopic (exact) mass is 339 g/mol. The molecule has 6 heteroatoms. The molecule has 25 heavy (non-hydrogen) atoms. The quantitative estimate of drug-likeness (QED) is 0.646. The summed E-state index contributed by atoms with van der Waals surface area (Å²) in [4.78, 5) is 32.3. The third-order valence-electron chi connectivity index (χ3n) is 4.35. The van der Waals surface area contributed by atoms with E-state index in [0.717, 1.165) is 22.5 Å². The first-order valence-corrected chi connectivity index (χ1v) is 8.44. The van der Waals surface area contributed by atoms with Gasteiger partial charge in [-0.2, -0.15) is 0 Å². The molecule has 2 aromatic rings. The topological polar surface area (TPSA) is 81.2 Å². The van der Waals surface area contributed by atoms with Crippen molar-refractivity contribution >= 4 is 11.9 Å². The number of nitrogens with one attached hydrogen (secondary N) is 1. The highest BCUT2D eigenvalue weighted by molar-refractivity contribution is 5.78. The summed E-state index contributed by atoms with van der Waals surface area (Å²) in [7, 11) is 1.37. The van der Waals surface area contributed by atoms with Crippen molar-refractivity contribution in [2.45, 2.75) is 38.1 Å². The number of rotatable bonds is 6. The van der Waals surface area contributed by atoms with Crippen LogP contribution in [0.3, 0.4) is 0 Å². The molecule has 130 valence electrons. The fourth-order valence-electron chi connectivity index (χ4n) is 3.10. The van der Waals surface area contributed by atoms with Crippen LogP contribution in [0.1, 0.15) is 42.9 Å². The molecule has 0 fully saturated rings. The van der Waals surface area contributed by atoms with E-state index in [1.165, 1.54) is 7.11 Å². The molecule has 6 nitrogen and oxygen atoms in total. The second-order valence-electron chi connectivity index (χ2n) is 6.06. The lowest BCUT2D eigenvalue weighted by Crippen LogP contribution is -2.32. The first-order chi connectivity index (χ1) is 12.2. The van der Waals surface area contributed by atoms with Crippen LogP contribution in [0.2, 0.25) is 0 Å². The van der Waals surface area contributed by atoms with Crippen molar-refractivity contribution in [2.75, 3.05) is 7.11 Å². The minimum atomic E-state index is -0.239. The number of esters is 1. The number of amides is 1. The maximum absolute atomic E-state index is 12.3. The van der Waals surface area contributed by atoms with E-state index < -0.39 is 0 Å². The lowest BCUT2D eigenvalue weighted by atomic mass is 9.88. The lowest BCUT2D eigenvalue weighted by molar-refractivity contribution is -0.140. The zero-order valence-electron chi connectivity index (χ0n) is 14.2. The molecule has 0 bridgehead atoms. The molecule has 0 saturated heterocycles. The molecule has 0 spiro atoms. The van der Waals surface area contributed by atoms with E-state index in [1.807, 2.05) is 24.3 Å². The number of hydrogen-bond donors (Lipinski definition) is 1. The van der Waals surface area contributed by atoms with Gasteiger partial charge in [0.25, 0.3) is 0 Å². The summed E-state index contributed by atoms with van der Waals surface area (Å²) < 4.78 is 4.60. The highest BCUT2D eigenvalue weighted by Gasteiger charge is 2.27. The van der Waals surface area contributed by atoms with Crippen molar-refractivity contribution in [3.63, 3.8) is 0 Å². The van der Waals surface area contributed by atoms with E-state index in [9.17, 15) is 9.59 Å². The van der Waals surface area contributed by atoms with Gasteiger partial charge in [0.15, 0.2) is 0 Å². The summed E-state index contributed by atoms with van der Waals surface area (Å²) in [5.74, 6) is -0.256. The Hall–Kier alpha value is -2.76. The zero-order chi connectivity index (χ0) is 17.6. The maximum Gasteiger partial charge on any atom is 0.305 e. The van der Waals surface area contributed by atoms with Gasteiger partial charge in [-0.3, -0.25) is 19.6 Å².